The molecule has 112 valence electrons. The summed E-state index contributed by atoms with van der Waals surface area (Å²) in [6.07, 6.45) is 4.83. The second-order valence-corrected chi connectivity index (χ2v) is 5.39. The first-order chi connectivity index (χ1) is 9.67. The normalized spacial score (nSPS) is 17.1. The Hall–Kier alpha value is -1.33. The van der Waals surface area contributed by atoms with E-state index >= 15 is 0 Å². The molecule has 0 saturated carbocycles. The van der Waals surface area contributed by atoms with Crippen LogP contribution in [-0.4, -0.2) is 32.8 Å². The number of hydrogen-bond acceptors (Lipinski definition) is 4. The van der Waals surface area contributed by atoms with Gasteiger partial charge in [-0.3, -0.25) is 9.69 Å². The molecule has 0 amide bonds. The lowest BCUT2D eigenvalue weighted by atomic mass is 10.2. The highest BCUT2D eigenvalue weighted by atomic mass is 16.3. The summed E-state index contributed by atoms with van der Waals surface area (Å²) in [5.41, 5.74) is 0.801. The largest absolute Gasteiger partial charge is 0.503 e. The van der Waals surface area contributed by atoms with E-state index < -0.39 is 5.43 Å². The van der Waals surface area contributed by atoms with Crippen LogP contribution >= 0.6 is 0 Å². The van der Waals surface area contributed by atoms with Crippen molar-refractivity contribution in [1.29, 1.82) is 0 Å². The van der Waals surface area contributed by atoms with E-state index in [1.165, 1.54) is 18.9 Å². The number of pyridine rings is 1. The van der Waals surface area contributed by atoms with Crippen molar-refractivity contribution in [2.45, 2.75) is 52.3 Å². The molecule has 1 aromatic heterocycles. The van der Waals surface area contributed by atoms with Crippen LogP contribution < -0.4 is 5.43 Å². The lowest BCUT2D eigenvalue weighted by molar-refractivity contribution is 0.250. The maximum absolute atomic E-state index is 11.8. The Kier molecular flexibility index (Phi) is 5.20. The number of nitrogens with zero attached hydrogens (tertiary/aromatic N) is 2. The molecule has 0 bridgehead atoms. The summed E-state index contributed by atoms with van der Waals surface area (Å²) in [7, 11) is 0. The fraction of sp³-hybridized carbons (Fsp3) is 0.667. The first-order valence-corrected chi connectivity index (χ1v) is 7.45. The molecule has 0 spiro atoms. The minimum atomic E-state index is -0.399. The van der Waals surface area contributed by atoms with Gasteiger partial charge in [0.25, 0.3) is 0 Å². The molecule has 2 heterocycles. The van der Waals surface area contributed by atoms with Gasteiger partial charge < -0.3 is 14.8 Å². The van der Waals surface area contributed by atoms with Crippen molar-refractivity contribution in [2.24, 2.45) is 0 Å². The molecule has 5 heteroatoms. The fourth-order valence-electron chi connectivity index (χ4n) is 2.93. The molecular formula is C15H24N2O3. The number of aromatic nitrogens is 1. The smallest absolute Gasteiger partial charge is 0.223 e. The lowest BCUT2D eigenvalue weighted by Gasteiger charge is -2.24. The Balaban J connectivity index is 2.33. The molecule has 0 atom stereocenters. The summed E-state index contributed by atoms with van der Waals surface area (Å²) in [4.78, 5) is 14.1. The van der Waals surface area contributed by atoms with E-state index in [0.29, 0.717) is 24.5 Å². The monoisotopic (exact) mass is 280 g/mol. The van der Waals surface area contributed by atoms with Crippen molar-refractivity contribution in [2.75, 3.05) is 13.1 Å². The van der Waals surface area contributed by atoms with Gasteiger partial charge in [0.1, 0.15) is 0 Å². The predicted octanol–water partition coefficient (Wildman–Crippen LogP) is 1.44. The topological polar surface area (TPSA) is 65.7 Å². The lowest BCUT2D eigenvalue weighted by Crippen LogP contribution is -2.28. The number of aliphatic hydroxyl groups excluding tert-OH is 1. The van der Waals surface area contributed by atoms with Gasteiger partial charge >= 0.3 is 0 Å². The Morgan fingerprint density at radius 2 is 1.85 bits per heavy atom. The Labute approximate surface area is 119 Å². The Morgan fingerprint density at radius 3 is 2.40 bits per heavy atom. The van der Waals surface area contributed by atoms with Crippen molar-refractivity contribution in [3.63, 3.8) is 0 Å². The van der Waals surface area contributed by atoms with Gasteiger partial charge in [0, 0.05) is 24.8 Å². The standard InChI is InChI=1S/C15H24N2O3/c1-2-17-12(11-18)9-14(19)15(20)13(17)10-16-7-5-3-4-6-8-16/h9,18,20H,2-8,10-11H2,1H3. The third-order valence-electron chi connectivity index (χ3n) is 4.03. The average molecular weight is 280 g/mol. The molecule has 1 aliphatic heterocycles. The quantitative estimate of drug-likeness (QED) is 0.876. The van der Waals surface area contributed by atoms with Crippen LogP contribution in [-0.2, 0) is 19.7 Å². The van der Waals surface area contributed by atoms with Crippen molar-refractivity contribution in [3.05, 3.63) is 27.7 Å². The zero-order valence-corrected chi connectivity index (χ0v) is 12.1. The van der Waals surface area contributed by atoms with Crippen molar-refractivity contribution < 1.29 is 10.2 Å². The molecule has 5 nitrogen and oxygen atoms in total. The SMILES string of the molecule is CCn1c(CO)cc(=O)c(O)c1CN1CCCCCC1. The van der Waals surface area contributed by atoms with E-state index in [0.717, 1.165) is 25.9 Å². The van der Waals surface area contributed by atoms with Gasteiger partial charge in [-0.1, -0.05) is 12.8 Å². The van der Waals surface area contributed by atoms with E-state index in [-0.39, 0.29) is 12.4 Å². The number of aromatic hydroxyl groups is 1. The fourth-order valence-corrected chi connectivity index (χ4v) is 2.93. The maximum Gasteiger partial charge on any atom is 0.223 e. The van der Waals surface area contributed by atoms with E-state index in [1.807, 2.05) is 11.5 Å². The molecule has 0 aliphatic carbocycles. The molecule has 0 aromatic carbocycles. The summed E-state index contributed by atoms with van der Waals surface area (Å²) in [5, 5.41) is 19.5. The van der Waals surface area contributed by atoms with Crippen molar-refractivity contribution in [3.8, 4) is 5.75 Å². The molecule has 1 aliphatic rings. The third-order valence-corrected chi connectivity index (χ3v) is 4.03. The summed E-state index contributed by atoms with van der Waals surface area (Å²) >= 11 is 0. The van der Waals surface area contributed by atoms with Gasteiger partial charge in [-0.2, -0.15) is 0 Å². The molecule has 0 unspecified atom stereocenters. The van der Waals surface area contributed by atoms with Gasteiger partial charge in [0.2, 0.25) is 5.43 Å². The molecule has 1 saturated heterocycles. The molecule has 1 fully saturated rings. The van der Waals surface area contributed by atoms with Crippen LogP contribution in [0.4, 0.5) is 0 Å². The summed E-state index contributed by atoms with van der Waals surface area (Å²) in [5.74, 6) is -0.173. The Bertz CT molecular complexity index is 503. The van der Waals surface area contributed by atoms with Crippen molar-refractivity contribution >= 4 is 0 Å². The minimum Gasteiger partial charge on any atom is -0.503 e. The summed E-state index contributed by atoms with van der Waals surface area (Å²) < 4.78 is 1.85. The summed E-state index contributed by atoms with van der Waals surface area (Å²) in [6, 6.07) is 1.32. The minimum absolute atomic E-state index is 0.173. The maximum atomic E-state index is 11.8. The van der Waals surface area contributed by atoms with Gasteiger partial charge in [-0.15, -0.1) is 0 Å². The molecule has 20 heavy (non-hydrogen) atoms. The zero-order chi connectivity index (χ0) is 14.5. The second-order valence-electron chi connectivity index (χ2n) is 5.39. The number of rotatable bonds is 4. The van der Waals surface area contributed by atoms with Crippen molar-refractivity contribution in [1.82, 2.24) is 9.47 Å². The van der Waals surface area contributed by atoms with Gasteiger partial charge in [-0.25, -0.2) is 0 Å². The van der Waals surface area contributed by atoms with Gasteiger partial charge in [-0.05, 0) is 32.9 Å². The van der Waals surface area contributed by atoms with Gasteiger partial charge in [0.05, 0.1) is 12.3 Å². The predicted molar refractivity (Wildman–Crippen MR) is 77.7 cm³/mol. The Morgan fingerprint density at radius 1 is 1.20 bits per heavy atom. The van der Waals surface area contributed by atoms with Crippen LogP contribution in [0.2, 0.25) is 0 Å². The average Bonchev–Trinajstić information content (AvgIpc) is 2.72. The van der Waals surface area contributed by atoms with Gasteiger partial charge in [0.15, 0.2) is 5.75 Å². The molecular weight excluding hydrogens is 256 g/mol. The highest BCUT2D eigenvalue weighted by Crippen LogP contribution is 2.19. The zero-order valence-electron chi connectivity index (χ0n) is 12.1. The van der Waals surface area contributed by atoms with Crippen LogP contribution in [0.3, 0.4) is 0 Å². The van der Waals surface area contributed by atoms with E-state index in [2.05, 4.69) is 4.90 Å². The van der Waals surface area contributed by atoms with Crippen LogP contribution in [0.5, 0.6) is 5.75 Å². The van der Waals surface area contributed by atoms with Crippen LogP contribution in [0.25, 0.3) is 0 Å². The molecule has 1 aromatic rings. The third kappa shape index (κ3) is 3.22. The summed E-state index contributed by atoms with van der Waals surface area (Å²) in [6.45, 7) is 4.97. The van der Waals surface area contributed by atoms with E-state index in [9.17, 15) is 15.0 Å². The van der Waals surface area contributed by atoms with Crippen LogP contribution in [0.1, 0.15) is 44.0 Å². The first kappa shape index (κ1) is 15.1. The number of aliphatic hydroxyl groups is 1. The van der Waals surface area contributed by atoms with E-state index in [1.54, 1.807) is 0 Å². The number of likely N-dealkylation sites (tertiary alicyclic amines) is 1. The highest BCUT2D eigenvalue weighted by Gasteiger charge is 2.17. The molecule has 0 radical (unpaired) electrons. The van der Waals surface area contributed by atoms with Crippen LogP contribution in [0, 0.1) is 0 Å². The molecule has 2 N–H and O–H groups in total. The highest BCUT2D eigenvalue weighted by molar-refractivity contribution is 5.30. The number of hydrogen-bond donors (Lipinski definition) is 2. The van der Waals surface area contributed by atoms with E-state index in [4.69, 9.17) is 0 Å². The van der Waals surface area contributed by atoms with Crippen LogP contribution in [0.15, 0.2) is 10.9 Å². The first-order valence-electron chi connectivity index (χ1n) is 7.45. The molecule has 2 rings (SSSR count). The second kappa shape index (κ2) is 6.90.